The van der Waals surface area contributed by atoms with E-state index in [1.165, 1.54) is 25.7 Å². The number of nitrogens with one attached hydrogen (secondary N) is 2. The van der Waals surface area contributed by atoms with Crippen LogP contribution < -0.4 is 10.6 Å². The van der Waals surface area contributed by atoms with E-state index in [1.807, 2.05) is 6.92 Å². The van der Waals surface area contributed by atoms with Gasteiger partial charge in [0, 0.05) is 16.7 Å². The van der Waals surface area contributed by atoms with Gasteiger partial charge >= 0.3 is 0 Å². The number of hydrogen-bond donors (Lipinski definition) is 2. The first-order valence-electron chi connectivity index (χ1n) is 5.96. The highest BCUT2D eigenvalue weighted by Gasteiger charge is 2.16. The van der Waals surface area contributed by atoms with Crippen molar-refractivity contribution in [3.8, 4) is 0 Å². The lowest BCUT2D eigenvalue weighted by molar-refractivity contribution is 0.634. The standard InChI is InChI=1S/C12H15BrClN3S/c1-7-9(13)6-15-11(10(7)14)17-12(18)16-8-4-2-3-5-8/h6,8H,2-5H2,1H3,(H2,15,16,17,18). The van der Waals surface area contributed by atoms with Crippen molar-refractivity contribution in [3.05, 3.63) is 21.3 Å². The Morgan fingerprint density at radius 3 is 2.83 bits per heavy atom. The molecule has 2 N–H and O–H groups in total. The smallest absolute Gasteiger partial charge is 0.172 e. The van der Waals surface area contributed by atoms with Crippen molar-refractivity contribution in [2.45, 2.75) is 38.6 Å². The van der Waals surface area contributed by atoms with Crippen LogP contribution in [0.3, 0.4) is 0 Å². The van der Waals surface area contributed by atoms with Crippen molar-refractivity contribution in [3.63, 3.8) is 0 Å². The zero-order chi connectivity index (χ0) is 13.1. The van der Waals surface area contributed by atoms with Crippen LogP contribution in [0.15, 0.2) is 10.7 Å². The van der Waals surface area contributed by atoms with Crippen LogP contribution in [0.2, 0.25) is 5.02 Å². The Bertz CT molecular complexity index is 461. The maximum absolute atomic E-state index is 6.22. The van der Waals surface area contributed by atoms with Gasteiger partial charge in [-0.05, 0) is 53.5 Å². The van der Waals surface area contributed by atoms with E-state index in [1.54, 1.807) is 6.20 Å². The number of aromatic nitrogens is 1. The predicted molar refractivity (Wildman–Crippen MR) is 83.3 cm³/mol. The summed E-state index contributed by atoms with van der Waals surface area (Å²) in [5.41, 5.74) is 0.956. The van der Waals surface area contributed by atoms with E-state index in [0.717, 1.165) is 10.0 Å². The van der Waals surface area contributed by atoms with Crippen molar-refractivity contribution >= 4 is 50.7 Å². The minimum atomic E-state index is 0.486. The van der Waals surface area contributed by atoms with Crippen molar-refractivity contribution < 1.29 is 0 Å². The van der Waals surface area contributed by atoms with E-state index in [-0.39, 0.29) is 0 Å². The molecule has 0 unspecified atom stereocenters. The highest BCUT2D eigenvalue weighted by Crippen LogP contribution is 2.28. The molecule has 1 aliphatic carbocycles. The summed E-state index contributed by atoms with van der Waals surface area (Å²) in [6, 6.07) is 0.486. The summed E-state index contributed by atoms with van der Waals surface area (Å²) in [6.45, 7) is 1.94. The van der Waals surface area contributed by atoms with Crippen molar-refractivity contribution in [1.82, 2.24) is 10.3 Å². The second kappa shape index (κ2) is 6.17. The molecule has 1 heterocycles. The fourth-order valence-corrected chi connectivity index (χ4v) is 2.92. The lowest BCUT2D eigenvalue weighted by Crippen LogP contribution is -2.36. The van der Waals surface area contributed by atoms with Crippen LogP contribution in [0, 0.1) is 6.92 Å². The molecule has 0 atom stereocenters. The number of halogens is 2. The molecule has 0 aliphatic heterocycles. The number of anilines is 1. The van der Waals surface area contributed by atoms with E-state index in [0.29, 0.717) is 22.0 Å². The van der Waals surface area contributed by atoms with Gasteiger partial charge in [-0.2, -0.15) is 0 Å². The molecule has 0 radical (unpaired) electrons. The number of hydrogen-bond acceptors (Lipinski definition) is 2. The summed E-state index contributed by atoms with van der Waals surface area (Å²) in [5, 5.41) is 7.55. The largest absolute Gasteiger partial charge is 0.360 e. The average molecular weight is 349 g/mol. The Kier molecular flexibility index (Phi) is 4.81. The molecule has 0 bridgehead atoms. The third-order valence-electron chi connectivity index (χ3n) is 3.12. The molecule has 0 saturated heterocycles. The molecule has 6 heteroatoms. The molecule has 0 spiro atoms. The Hall–Kier alpha value is -0.390. The van der Waals surface area contributed by atoms with Crippen molar-refractivity contribution in [1.29, 1.82) is 0 Å². The molecule has 1 saturated carbocycles. The molecule has 98 valence electrons. The number of rotatable bonds is 2. The fraction of sp³-hybridized carbons (Fsp3) is 0.500. The molecule has 1 aliphatic rings. The van der Waals surface area contributed by atoms with Gasteiger partial charge in [-0.15, -0.1) is 0 Å². The second-order valence-electron chi connectivity index (χ2n) is 4.47. The molecule has 1 aromatic heterocycles. The van der Waals surface area contributed by atoms with Crippen LogP contribution in [0.4, 0.5) is 5.82 Å². The van der Waals surface area contributed by atoms with Crippen LogP contribution in [-0.4, -0.2) is 16.1 Å². The maximum Gasteiger partial charge on any atom is 0.172 e. The Morgan fingerprint density at radius 1 is 1.50 bits per heavy atom. The first-order chi connectivity index (χ1) is 8.58. The summed E-state index contributed by atoms with van der Waals surface area (Å²) < 4.78 is 0.896. The molecule has 0 aromatic carbocycles. The Labute approximate surface area is 126 Å². The van der Waals surface area contributed by atoms with E-state index >= 15 is 0 Å². The highest BCUT2D eigenvalue weighted by molar-refractivity contribution is 9.10. The quantitative estimate of drug-likeness (QED) is 0.791. The topological polar surface area (TPSA) is 37.0 Å². The molecule has 2 rings (SSSR count). The molecule has 3 nitrogen and oxygen atoms in total. The van der Waals surface area contributed by atoms with Crippen molar-refractivity contribution in [2.75, 3.05) is 5.32 Å². The van der Waals surface area contributed by atoms with Gasteiger partial charge in [-0.1, -0.05) is 24.4 Å². The third-order valence-corrected chi connectivity index (χ3v) is 4.61. The SMILES string of the molecule is Cc1c(Br)cnc(NC(=S)NC2CCCC2)c1Cl. The molecule has 18 heavy (non-hydrogen) atoms. The minimum absolute atomic E-state index is 0.486. The Balaban J connectivity index is 2.00. The van der Waals surface area contributed by atoms with Gasteiger partial charge in [0.15, 0.2) is 10.9 Å². The first kappa shape index (κ1) is 14.0. The van der Waals surface area contributed by atoms with Crippen LogP contribution >= 0.6 is 39.7 Å². The third kappa shape index (κ3) is 3.33. The summed E-state index contributed by atoms with van der Waals surface area (Å²) in [5.74, 6) is 0.605. The van der Waals surface area contributed by atoms with Crippen LogP contribution in [0.25, 0.3) is 0 Å². The molecular weight excluding hydrogens is 334 g/mol. The monoisotopic (exact) mass is 347 g/mol. The van der Waals surface area contributed by atoms with Crippen molar-refractivity contribution in [2.24, 2.45) is 0 Å². The van der Waals surface area contributed by atoms with Crippen LogP contribution in [0.5, 0.6) is 0 Å². The highest BCUT2D eigenvalue weighted by atomic mass is 79.9. The van der Waals surface area contributed by atoms with Gasteiger partial charge in [-0.3, -0.25) is 0 Å². The molecule has 1 fully saturated rings. The zero-order valence-electron chi connectivity index (χ0n) is 10.1. The Morgan fingerprint density at radius 2 is 2.17 bits per heavy atom. The van der Waals surface area contributed by atoms with Gasteiger partial charge in [0.05, 0.1) is 5.02 Å². The second-order valence-corrected chi connectivity index (χ2v) is 6.11. The summed E-state index contributed by atoms with van der Waals surface area (Å²) in [6.07, 6.45) is 6.64. The summed E-state index contributed by atoms with van der Waals surface area (Å²) >= 11 is 14.9. The predicted octanol–water partition coefficient (Wildman–Crippen LogP) is 4.03. The average Bonchev–Trinajstić information content (AvgIpc) is 2.83. The summed E-state index contributed by atoms with van der Waals surface area (Å²) in [4.78, 5) is 4.24. The lowest BCUT2D eigenvalue weighted by atomic mass is 10.2. The maximum atomic E-state index is 6.22. The normalized spacial score (nSPS) is 15.7. The molecule has 0 amide bonds. The molecule has 1 aromatic rings. The van der Waals surface area contributed by atoms with Gasteiger partial charge < -0.3 is 10.6 Å². The van der Waals surface area contributed by atoms with Gasteiger partial charge in [0.25, 0.3) is 0 Å². The number of pyridine rings is 1. The zero-order valence-corrected chi connectivity index (χ0v) is 13.3. The van der Waals surface area contributed by atoms with E-state index in [4.69, 9.17) is 23.8 Å². The summed E-state index contributed by atoms with van der Waals surface area (Å²) in [7, 11) is 0. The molecular formula is C12H15BrClN3S. The van der Waals surface area contributed by atoms with E-state index in [9.17, 15) is 0 Å². The number of nitrogens with zero attached hydrogens (tertiary/aromatic N) is 1. The number of thiocarbonyl (C=S) groups is 1. The fourth-order valence-electron chi connectivity index (χ4n) is 2.04. The lowest BCUT2D eigenvalue weighted by Gasteiger charge is -2.16. The van der Waals surface area contributed by atoms with Crippen LogP contribution in [0.1, 0.15) is 31.2 Å². The van der Waals surface area contributed by atoms with E-state index < -0.39 is 0 Å². The first-order valence-corrected chi connectivity index (χ1v) is 7.54. The van der Waals surface area contributed by atoms with Gasteiger partial charge in [0.1, 0.15) is 0 Å². The minimum Gasteiger partial charge on any atom is -0.360 e. The van der Waals surface area contributed by atoms with Crippen LogP contribution in [-0.2, 0) is 0 Å². The van der Waals surface area contributed by atoms with E-state index in [2.05, 4.69) is 31.5 Å². The van der Waals surface area contributed by atoms with Gasteiger partial charge in [0.2, 0.25) is 0 Å². The van der Waals surface area contributed by atoms with Gasteiger partial charge in [-0.25, -0.2) is 4.98 Å².